The van der Waals surface area contributed by atoms with Crippen LogP contribution in [0.4, 0.5) is 0 Å². The summed E-state index contributed by atoms with van der Waals surface area (Å²) in [6, 6.07) is 3.43. The molecule has 7 heteroatoms. The second-order valence-electron chi connectivity index (χ2n) is 2.79. The van der Waals surface area contributed by atoms with E-state index >= 15 is 0 Å². The lowest BCUT2D eigenvalue weighted by molar-refractivity contribution is -0.0778. The van der Waals surface area contributed by atoms with Gasteiger partial charge in [0.2, 0.25) is 11.5 Å². The highest BCUT2D eigenvalue weighted by Crippen LogP contribution is 2.35. The van der Waals surface area contributed by atoms with Crippen LogP contribution in [-0.4, -0.2) is 6.61 Å². The van der Waals surface area contributed by atoms with Crippen LogP contribution in [0.1, 0.15) is 12.5 Å². The van der Waals surface area contributed by atoms with Crippen LogP contribution in [0.5, 0.6) is 17.2 Å². The van der Waals surface area contributed by atoms with Gasteiger partial charge in [-0.05, 0) is 25.5 Å². The zero-order chi connectivity index (χ0) is 12.0. The van der Waals surface area contributed by atoms with E-state index < -0.39 is 0 Å². The standard InChI is InChI=1S/C9H10I2O5/c1-3-12-7-5-9(14-16-11)8(13-15-10)4-6(7)2/h4-5H,3H2,1-2H3. The van der Waals surface area contributed by atoms with Crippen molar-refractivity contribution in [3.8, 4) is 17.2 Å². The molecule has 0 aliphatic carbocycles. The molecule has 0 amide bonds. The van der Waals surface area contributed by atoms with Gasteiger partial charge in [0.15, 0.2) is 46.0 Å². The van der Waals surface area contributed by atoms with E-state index in [-0.39, 0.29) is 0 Å². The van der Waals surface area contributed by atoms with Gasteiger partial charge in [0.05, 0.1) is 6.61 Å². The Bertz CT molecular complexity index is 345. The molecule has 1 aromatic carbocycles. The molecular weight excluding hydrogens is 442 g/mol. The molecule has 0 unspecified atom stereocenters. The van der Waals surface area contributed by atoms with Crippen LogP contribution in [0.25, 0.3) is 0 Å². The number of hydrogen-bond donors (Lipinski definition) is 0. The SMILES string of the molecule is CCOc1cc(OOI)c(OOI)cc1C. The van der Waals surface area contributed by atoms with Crippen molar-refractivity contribution in [1.82, 2.24) is 0 Å². The number of rotatable bonds is 6. The molecule has 1 aromatic rings. The largest absolute Gasteiger partial charge is 0.493 e. The van der Waals surface area contributed by atoms with E-state index in [1.54, 1.807) is 58.1 Å². The van der Waals surface area contributed by atoms with Gasteiger partial charge in [-0.25, -0.2) is 0 Å². The van der Waals surface area contributed by atoms with E-state index in [2.05, 4.69) is 6.43 Å². The molecule has 0 bridgehead atoms. The van der Waals surface area contributed by atoms with E-state index in [9.17, 15) is 0 Å². The Morgan fingerprint density at radius 2 is 1.56 bits per heavy atom. The highest BCUT2D eigenvalue weighted by atomic mass is 127. The molecule has 1 rings (SSSR count). The van der Waals surface area contributed by atoms with Crippen molar-refractivity contribution in [2.24, 2.45) is 0 Å². The fourth-order valence-corrected chi connectivity index (χ4v) is 1.54. The second kappa shape index (κ2) is 7.35. The average molecular weight is 452 g/mol. The lowest BCUT2D eigenvalue weighted by Crippen LogP contribution is -1.98. The van der Waals surface area contributed by atoms with Crippen molar-refractivity contribution in [1.29, 1.82) is 0 Å². The molecule has 0 aliphatic heterocycles. The Kier molecular flexibility index (Phi) is 6.46. The summed E-state index contributed by atoms with van der Waals surface area (Å²) in [6.07, 6.45) is 0. The van der Waals surface area contributed by atoms with Crippen molar-refractivity contribution in [2.45, 2.75) is 13.8 Å². The van der Waals surface area contributed by atoms with Gasteiger partial charge in [-0.2, -0.15) is 0 Å². The molecule has 0 N–H and O–H groups in total. The normalized spacial score (nSPS) is 10.0. The number of hydrogen-bond acceptors (Lipinski definition) is 5. The first-order valence-corrected chi connectivity index (χ1v) is 6.17. The molecule has 0 aromatic heterocycles. The maximum atomic E-state index is 5.42. The Labute approximate surface area is 122 Å². The van der Waals surface area contributed by atoms with Crippen LogP contribution in [0.15, 0.2) is 12.1 Å². The highest BCUT2D eigenvalue weighted by molar-refractivity contribution is 14.1. The molecule has 0 heterocycles. The van der Waals surface area contributed by atoms with Crippen molar-refractivity contribution in [3.63, 3.8) is 0 Å². The second-order valence-corrected chi connectivity index (χ2v) is 3.51. The zero-order valence-electron chi connectivity index (χ0n) is 8.66. The number of halogens is 2. The van der Waals surface area contributed by atoms with Crippen LogP contribution in [0.2, 0.25) is 0 Å². The third kappa shape index (κ3) is 3.79. The van der Waals surface area contributed by atoms with Gasteiger partial charge in [0.1, 0.15) is 5.75 Å². The minimum atomic E-state index is 0.389. The monoisotopic (exact) mass is 452 g/mol. The average Bonchev–Trinajstić information content (AvgIpc) is 2.25. The maximum Gasteiger partial charge on any atom is 0.216 e. The summed E-state index contributed by atoms with van der Waals surface area (Å²) in [6.45, 7) is 4.39. The molecule has 16 heavy (non-hydrogen) atoms. The molecule has 0 saturated heterocycles. The Morgan fingerprint density at radius 3 is 2.06 bits per heavy atom. The first-order chi connectivity index (χ1) is 7.72. The Morgan fingerprint density at radius 1 is 1.00 bits per heavy atom. The van der Waals surface area contributed by atoms with Crippen molar-refractivity contribution < 1.29 is 20.9 Å². The van der Waals surface area contributed by atoms with Gasteiger partial charge < -0.3 is 14.5 Å². The molecule has 5 nitrogen and oxygen atoms in total. The van der Waals surface area contributed by atoms with Crippen LogP contribution < -0.4 is 14.5 Å². The summed E-state index contributed by atoms with van der Waals surface area (Å²) >= 11 is 3.24. The molecule has 0 atom stereocenters. The van der Waals surface area contributed by atoms with Gasteiger partial charge in [-0.15, -0.1) is 6.43 Å². The molecule has 0 radical (unpaired) electrons. The van der Waals surface area contributed by atoms with Crippen LogP contribution in [0.3, 0.4) is 0 Å². The minimum Gasteiger partial charge on any atom is -0.493 e. The summed E-state index contributed by atoms with van der Waals surface area (Å²) < 4.78 is 14.5. The van der Waals surface area contributed by atoms with E-state index in [0.717, 1.165) is 5.56 Å². The Hall–Kier alpha value is -0.000000000000000111. The van der Waals surface area contributed by atoms with Crippen molar-refractivity contribution in [2.75, 3.05) is 6.61 Å². The molecule has 0 aliphatic rings. The van der Waals surface area contributed by atoms with E-state index in [1.807, 2.05) is 13.8 Å². The molecular formula is C9H10I2O5. The van der Waals surface area contributed by atoms with Gasteiger partial charge >= 0.3 is 0 Å². The predicted octanol–water partition coefficient (Wildman–Crippen LogP) is 3.71. The fraction of sp³-hybridized carbons (Fsp3) is 0.333. The van der Waals surface area contributed by atoms with Gasteiger partial charge in [-0.3, -0.25) is 0 Å². The summed E-state index contributed by atoms with van der Waals surface area (Å²) in [4.78, 5) is 9.86. The van der Waals surface area contributed by atoms with Gasteiger partial charge in [0.25, 0.3) is 0 Å². The fourth-order valence-electron chi connectivity index (χ4n) is 1.15. The Balaban J connectivity index is 3.03. The summed E-state index contributed by atoms with van der Waals surface area (Å²) in [5, 5.41) is 0. The topological polar surface area (TPSA) is 46.2 Å². The summed E-state index contributed by atoms with van der Waals surface area (Å²) in [7, 11) is 0. The minimum absolute atomic E-state index is 0.389. The lowest BCUT2D eigenvalue weighted by Gasteiger charge is -2.11. The van der Waals surface area contributed by atoms with Gasteiger partial charge in [-0.1, -0.05) is 0 Å². The maximum absolute atomic E-state index is 5.42. The smallest absolute Gasteiger partial charge is 0.216 e. The number of aryl methyl sites for hydroxylation is 1. The van der Waals surface area contributed by atoms with Crippen LogP contribution in [-0.2, 0) is 6.43 Å². The summed E-state index contributed by atoms with van der Waals surface area (Å²) in [5.41, 5.74) is 0.922. The highest BCUT2D eigenvalue weighted by Gasteiger charge is 2.13. The van der Waals surface area contributed by atoms with E-state index in [0.29, 0.717) is 23.9 Å². The van der Waals surface area contributed by atoms with Gasteiger partial charge in [0, 0.05) is 6.07 Å². The first kappa shape index (κ1) is 14.1. The number of ether oxygens (including phenoxy) is 1. The van der Waals surface area contributed by atoms with Crippen molar-refractivity contribution >= 4 is 46.0 Å². The molecule has 0 saturated carbocycles. The van der Waals surface area contributed by atoms with Crippen LogP contribution >= 0.6 is 46.0 Å². The van der Waals surface area contributed by atoms with E-state index in [1.165, 1.54) is 0 Å². The van der Waals surface area contributed by atoms with Crippen LogP contribution in [0, 0.1) is 6.92 Å². The summed E-state index contributed by atoms with van der Waals surface area (Å²) in [5.74, 6) is 1.53. The third-order valence-electron chi connectivity index (χ3n) is 1.78. The molecule has 0 fully saturated rings. The lowest BCUT2D eigenvalue weighted by atomic mass is 10.2. The van der Waals surface area contributed by atoms with Crippen molar-refractivity contribution in [3.05, 3.63) is 17.7 Å². The quantitative estimate of drug-likeness (QED) is 0.375. The first-order valence-electron chi connectivity index (χ1n) is 4.40. The van der Waals surface area contributed by atoms with E-state index in [4.69, 9.17) is 14.5 Å². The molecule has 0 spiro atoms. The third-order valence-corrected chi connectivity index (χ3v) is 2.14. The molecule has 90 valence electrons. The predicted molar refractivity (Wildman–Crippen MR) is 73.8 cm³/mol. The number of benzene rings is 1. The zero-order valence-corrected chi connectivity index (χ0v) is 13.0.